The van der Waals surface area contributed by atoms with Gasteiger partial charge >= 0.3 is 0 Å². The quantitative estimate of drug-likeness (QED) is 0.692. The summed E-state index contributed by atoms with van der Waals surface area (Å²) in [7, 11) is 0. The van der Waals surface area contributed by atoms with Crippen LogP contribution in [0.15, 0.2) is 41.9 Å². The van der Waals surface area contributed by atoms with Crippen molar-refractivity contribution in [2.45, 2.75) is 63.7 Å². The summed E-state index contributed by atoms with van der Waals surface area (Å²) in [5.74, 6) is -0.182. The number of nitrogens with zero attached hydrogens (tertiary/aromatic N) is 3. The lowest BCUT2D eigenvalue weighted by Crippen LogP contribution is -2.64. The number of rotatable bonds is 4. The Morgan fingerprint density at radius 2 is 2.10 bits per heavy atom. The first-order valence-corrected chi connectivity index (χ1v) is 11.5. The highest BCUT2D eigenvalue weighted by Crippen LogP contribution is 2.35. The number of nitrogens with one attached hydrogen (secondary N) is 1. The molecule has 5 rings (SSSR count). The minimum atomic E-state index is -0.979. The van der Waals surface area contributed by atoms with Crippen molar-refractivity contribution in [1.82, 2.24) is 19.8 Å². The third-order valence-electron chi connectivity index (χ3n) is 6.52. The van der Waals surface area contributed by atoms with Crippen LogP contribution < -0.4 is 5.32 Å². The molecule has 1 aliphatic carbocycles. The molecule has 0 bridgehead atoms. The number of pyridine rings is 1. The zero-order valence-electron chi connectivity index (χ0n) is 17.1. The number of carbonyl (C=O) groups is 2. The van der Waals surface area contributed by atoms with Crippen LogP contribution in [0.1, 0.15) is 55.2 Å². The molecule has 1 fully saturated rings. The normalized spacial score (nSPS) is 22.3. The lowest BCUT2D eigenvalue weighted by Gasteiger charge is -2.44. The van der Waals surface area contributed by atoms with E-state index < -0.39 is 5.54 Å². The van der Waals surface area contributed by atoms with Crippen LogP contribution in [-0.4, -0.2) is 37.8 Å². The number of hydrogen-bond acceptors (Lipinski definition) is 4. The summed E-state index contributed by atoms with van der Waals surface area (Å²) in [5, 5.41) is 5.30. The summed E-state index contributed by atoms with van der Waals surface area (Å²) < 4.78 is 3.09. The molecule has 30 heavy (non-hydrogen) atoms. The van der Waals surface area contributed by atoms with Crippen LogP contribution in [-0.2, 0) is 17.9 Å². The van der Waals surface area contributed by atoms with E-state index in [1.807, 2.05) is 47.2 Å². The standard InChI is InChI=1S/C23H26N4O2S/c1-23(22(29)25-16-7-3-2-4-8-16)15-26-18-10-12-30-20(18)13-19(26)21(28)27(23)14-17-9-5-6-11-24-17/h5-6,9-13,16H,2-4,7-8,14-15H2,1H3,(H,25,29). The van der Waals surface area contributed by atoms with E-state index in [1.54, 1.807) is 22.4 Å². The Labute approximate surface area is 179 Å². The highest BCUT2D eigenvalue weighted by Gasteiger charge is 2.48. The van der Waals surface area contributed by atoms with Gasteiger partial charge in [0.1, 0.15) is 11.2 Å². The Morgan fingerprint density at radius 1 is 1.27 bits per heavy atom. The average molecular weight is 423 g/mol. The first-order chi connectivity index (χ1) is 14.6. The molecule has 2 aliphatic rings. The van der Waals surface area contributed by atoms with Crippen LogP contribution >= 0.6 is 11.3 Å². The summed E-state index contributed by atoms with van der Waals surface area (Å²) in [6.07, 6.45) is 7.28. The smallest absolute Gasteiger partial charge is 0.271 e. The Balaban J connectivity index is 1.53. The molecule has 4 heterocycles. The number of thiophene rings is 1. The molecule has 1 atom stereocenters. The van der Waals surface area contributed by atoms with Gasteiger partial charge < -0.3 is 14.8 Å². The van der Waals surface area contributed by atoms with Crippen LogP contribution in [0.5, 0.6) is 0 Å². The molecule has 1 unspecified atom stereocenters. The Kier molecular flexibility index (Phi) is 4.85. The maximum absolute atomic E-state index is 13.6. The van der Waals surface area contributed by atoms with Crippen LogP contribution in [0, 0.1) is 0 Å². The van der Waals surface area contributed by atoms with Crippen molar-refractivity contribution in [3.8, 4) is 0 Å². The molecule has 1 N–H and O–H groups in total. The minimum absolute atomic E-state index is 0.0681. The highest BCUT2D eigenvalue weighted by molar-refractivity contribution is 7.17. The van der Waals surface area contributed by atoms with Gasteiger partial charge in [0, 0.05) is 12.2 Å². The van der Waals surface area contributed by atoms with Crippen molar-refractivity contribution in [1.29, 1.82) is 0 Å². The van der Waals surface area contributed by atoms with Crippen LogP contribution in [0.4, 0.5) is 0 Å². The molecule has 3 aromatic heterocycles. The van der Waals surface area contributed by atoms with Crippen molar-refractivity contribution < 1.29 is 9.59 Å². The molecule has 0 radical (unpaired) electrons. The minimum Gasteiger partial charge on any atom is -0.351 e. The van der Waals surface area contributed by atoms with Crippen molar-refractivity contribution in [3.63, 3.8) is 0 Å². The second-order valence-electron chi connectivity index (χ2n) is 8.58. The first kappa shape index (κ1) is 19.3. The van der Waals surface area contributed by atoms with E-state index in [4.69, 9.17) is 0 Å². The maximum atomic E-state index is 13.6. The summed E-state index contributed by atoms with van der Waals surface area (Å²) in [4.78, 5) is 33.3. The van der Waals surface area contributed by atoms with E-state index in [9.17, 15) is 9.59 Å². The van der Waals surface area contributed by atoms with Crippen molar-refractivity contribution >= 4 is 33.4 Å². The van der Waals surface area contributed by atoms with E-state index in [-0.39, 0.29) is 17.9 Å². The fraction of sp³-hybridized carbons (Fsp3) is 0.435. The molecular weight excluding hydrogens is 396 g/mol. The topological polar surface area (TPSA) is 67.2 Å². The molecule has 1 saturated carbocycles. The van der Waals surface area contributed by atoms with E-state index in [1.165, 1.54) is 6.42 Å². The summed E-state index contributed by atoms with van der Waals surface area (Å²) >= 11 is 1.62. The lowest BCUT2D eigenvalue weighted by atomic mass is 9.91. The Hall–Kier alpha value is -2.67. The lowest BCUT2D eigenvalue weighted by molar-refractivity contribution is -0.134. The monoisotopic (exact) mass is 422 g/mol. The second kappa shape index (κ2) is 7.54. The van der Waals surface area contributed by atoms with Gasteiger partial charge in [0.25, 0.3) is 5.91 Å². The van der Waals surface area contributed by atoms with Gasteiger partial charge in [-0.15, -0.1) is 11.3 Å². The highest BCUT2D eigenvalue weighted by atomic mass is 32.1. The van der Waals surface area contributed by atoms with Gasteiger partial charge in [0.05, 0.1) is 29.0 Å². The van der Waals surface area contributed by atoms with E-state index in [2.05, 4.69) is 10.3 Å². The third kappa shape index (κ3) is 3.21. The fourth-order valence-corrected chi connectivity index (χ4v) is 5.58. The van der Waals surface area contributed by atoms with E-state index in [0.717, 1.165) is 41.6 Å². The Morgan fingerprint density at radius 3 is 2.87 bits per heavy atom. The van der Waals surface area contributed by atoms with Gasteiger partial charge in [-0.2, -0.15) is 0 Å². The number of aromatic nitrogens is 2. The second-order valence-corrected chi connectivity index (χ2v) is 9.53. The summed E-state index contributed by atoms with van der Waals surface area (Å²) in [5.41, 5.74) is 1.48. The molecule has 0 spiro atoms. The molecule has 6 nitrogen and oxygen atoms in total. The van der Waals surface area contributed by atoms with Gasteiger partial charge in [0.2, 0.25) is 5.91 Å². The van der Waals surface area contributed by atoms with Crippen molar-refractivity contribution in [2.24, 2.45) is 0 Å². The predicted molar refractivity (Wildman–Crippen MR) is 117 cm³/mol. The molecular formula is C23H26N4O2S. The van der Waals surface area contributed by atoms with Crippen molar-refractivity contribution in [3.05, 3.63) is 53.3 Å². The average Bonchev–Trinajstić information content (AvgIpc) is 3.35. The largest absolute Gasteiger partial charge is 0.351 e. The zero-order valence-corrected chi connectivity index (χ0v) is 18.0. The number of fused-ring (bicyclic) bond motifs is 3. The van der Waals surface area contributed by atoms with E-state index in [0.29, 0.717) is 18.8 Å². The van der Waals surface area contributed by atoms with Crippen molar-refractivity contribution in [2.75, 3.05) is 0 Å². The third-order valence-corrected chi connectivity index (χ3v) is 7.38. The molecule has 0 aromatic carbocycles. The van der Waals surface area contributed by atoms with Gasteiger partial charge in [-0.3, -0.25) is 14.6 Å². The molecule has 2 amide bonds. The number of carbonyl (C=O) groups excluding carboxylic acids is 2. The number of hydrogen-bond donors (Lipinski definition) is 1. The fourth-order valence-electron chi connectivity index (χ4n) is 4.76. The van der Waals surface area contributed by atoms with Gasteiger partial charge in [-0.25, -0.2) is 0 Å². The summed E-state index contributed by atoms with van der Waals surface area (Å²) in [6.45, 7) is 2.65. The molecule has 1 aliphatic heterocycles. The predicted octanol–water partition coefficient (Wildman–Crippen LogP) is 3.96. The van der Waals surface area contributed by atoms with E-state index >= 15 is 0 Å². The molecule has 0 saturated heterocycles. The SMILES string of the molecule is CC1(C(=O)NC2CCCCC2)Cn2c(cc3sccc32)C(=O)N1Cc1ccccn1. The number of amides is 2. The first-order valence-electron chi connectivity index (χ1n) is 10.7. The maximum Gasteiger partial charge on any atom is 0.271 e. The van der Waals surface area contributed by atoms with Crippen LogP contribution in [0.3, 0.4) is 0 Å². The molecule has 156 valence electrons. The zero-order chi connectivity index (χ0) is 20.7. The van der Waals surface area contributed by atoms with Crippen LogP contribution in [0.25, 0.3) is 10.2 Å². The summed E-state index contributed by atoms with van der Waals surface area (Å²) in [6, 6.07) is 9.85. The molecule has 7 heteroatoms. The Bertz CT molecular complexity index is 1080. The van der Waals surface area contributed by atoms with Crippen LogP contribution in [0.2, 0.25) is 0 Å². The van der Waals surface area contributed by atoms with Gasteiger partial charge in [-0.1, -0.05) is 25.3 Å². The van der Waals surface area contributed by atoms with Gasteiger partial charge in [0.15, 0.2) is 0 Å². The van der Waals surface area contributed by atoms with Gasteiger partial charge in [-0.05, 0) is 49.4 Å². The molecule has 3 aromatic rings.